The molecule has 0 fully saturated rings. The van der Waals surface area contributed by atoms with E-state index in [1.807, 2.05) is 32.0 Å². The first-order chi connectivity index (χ1) is 12.3. The molecule has 0 aliphatic heterocycles. The zero-order valence-corrected chi connectivity index (χ0v) is 15.0. The maximum absolute atomic E-state index is 11.9. The Kier molecular flexibility index (Phi) is 6.57. The molecular formula is C18H18ClN3O4. The molecule has 0 spiro atoms. The van der Waals surface area contributed by atoms with E-state index in [1.54, 1.807) is 12.1 Å². The Morgan fingerprint density at radius 3 is 2.50 bits per heavy atom. The standard InChI is InChI=1S/C18H18ClN3O4/c1-11-5-12(2)7-14(6-11)21-18(25)22-20-9-13-3-4-16(15(19)8-13)26-10-17(23)24/h3-9H,10H2,1-2H3,(H,23,24)(H2,21,22,25)/b20-9+. The Balaban J connectivity index is 1.92. The minimum Gasteiger partial charge on any atom is -0.480 e. The second-order valence-corrected chi connectivity index (χ2v) is 5.98. The number of aliphatic carboxylic acids is 1. The molecule has 0 saturated carbocycles. The van der Waals surface area contributed by atoms with Gasteiger partial charge in [0.15, 0.2) is 6.61 Å². The minimum absolute atomic E-state index is 0.245. The fraction of sp³-hybridized carbons (Fsp3) is 0.167. The highest BCUT2D eigenvalue weighted by Gasteiger charge is 2.05. The second-order valence-electron chi connectivity index (χ2n) is 5.57. The van der Waals surface area contributed by atoms with Crippen LogP contribution in [0.25, 0.3) is 0 Å². The van der Waals surface area contributed by atoms with E-state index < -0.39 is 18.6 Å². The van der Waals surface area contributed by atoms with Crippen LogP contribution < -0.4 is 15.5 Å². The molecule has 2 aromatic carbocycles. The van der Waals surface area contributed by atoms with Crippen LogP contribution in [-0.2, 0) is 4.79 Å². The minimum atomic E-state index is -1.09. The fourth-order valence-corrected chi connectivity index (χ4v) is 2.47. The SMILES string of the molecule is Cc1cc(C)cc(NC(=O)N/N=C/c2ccc(OCC(=O)O)c(Cl)c2)c1. The van der Waals surface area contributed by atoms with Crippen LogP contribution in [0, 0.1) is 13.8 Å². The summed E-state index contributed by atoms with van der Waals surface area (Å²) in [5, 5.41) is 15.4. The Bertz CT molecular complexity index is 832. The van der Waals surface area contributed by atoms with Crippen molar-refractivity contribution in [2.75, 3.05) is 11.9 Å². The number of ether oxygens (including phenoxy) is 1. The number of amides is 2. The topological polar surface area (TPSA) is 100 Å². The van der Waals surface area contributed by atoms with E-state index in [-0.39, 0.29) is 10.8 Å². The number of urea groups is 1. The van der Waals surface area contributed by atoms with Crippen molar-refractivity contribution >= 4 is 35.5 Å². The number of hydrogen-bond acceptors (Lipinski definition) is 4. The predicted molar refractivity (Wildman–Crippen MR) is 100 cm³/mol. The number of aryl methyl sites for hydroxylation is 2. The maximum Gasteiger partial charge on any atom is 0.341 e. The van der Waals surface area contributed by atoms with Crippen molar-refractivity contribution in [3.8, 4) is 5.75 Å². The number of anilines is 1. The molecule has 0 bridgehead atoms. The molecule has 2 amide bonds. The monoisotopic (exact) mass is 375 g/mol. The maximum atomic E-state index is 11.9. The molecular weight excluding hydrogens is 358 g/mol. The van der Waals surface area contributed by atoms with E-state index in [9.17, 15) is 9.59 Å². The molecule has 0 aromatic heterocycles. The van der Waals surface area contributed by atoms with Crippen LogP contribution in [0.2, 0.25) is 5.02 Å². The van der Waals surface area contributed by atoms with Gasteiger partial charge in [-0.2, -0.15) is 5.10 Å². The average Bonchev–Trinajstić information content (AvgIpc) is 2.52. The number of nitrogens with zero attached hydrogens (tertiary/aromatic N) is 1. The molecule has 136 valence electrons. The van der Waals surface area contributed by atoms with E-state index in [0.717, 1.165) is 11.1 Å². The number of hydrazone groups is 1. The normalized spacial score (nSPS) is 10.6. The molecule has 0 unspecified atom stereocenters. The third kappa shape index (κ3) is 6.10. The van der Waals surface area contributed by atoms with Crippen LogP contribution in [0.4, 0.5) is 10.5 Å². The summed E-state index contributed by atoms with van der Waals surface area (Å²) in [6.07, 6.45) is 1.41. The summed E-state index contributed by atoms with van der Waals surface area (Å²) in [5.41, 5.74) is 5.74. The zero-order chi connectivity index (χ0) is 19.1. The van der Waals surface area contributed by atoms with Crippen LogP contribution in [0.3, 0.4) is 0 Å². The lowest BCUT2D eigenvalue weighted by Gasteiger charge is -2.07. The van der Waals surface area contributed by atoms with E-state index in [1.165, 1.54) is 12.3 Å². The third-order valence-corrected chi connectivity index (χ3v) is 3.46. The number of benzene rings is 2. The van der Waals surface area contributed by atoms with Gasteiger partial charge in [-0.15, -0.1) is 0 Å². The number of rotatable bonds is 6. The van der Waals surface area contributed by atoms with Gasteiger partial charge in [0.25, 0.3) is 0 Å². The molecule has 0 aliphatic rings. The highest BCUT2D eigenvalue weighted by Crippen LogP contribution is 2.24. The summed E-state index contributed by atoms with van der Waals surface area (Å²) in [4.78, 5) is 22.3. The summed E-state index contributed by atoms with van der Waals surface area (Å²) < 4.78 is 5.03. The molecule has 2 rings (SSSR count). The van der Waals surface area contributed by atoms with Gasteiger partial charge in [0, 0.05) is 5.69 Å². The summed E-state index contributed by atoms with van der Waals surface area (Å²) in [5.74, 6) is -0.836. The molecule has 8 heteroatoms. The van der Waals surface area contributed by atoms with Crippen LogP contribution in [-0.4, -0.2) is 29.9 Å². The van der Waals surface area contributed by atoms with Gasteiger partial charge in [0.1, 0.15) is 5.75 Å². The van der Waals surface area contributed by atoms with Crippen molar-refractivity contribution in [3.63, 3.8) is 0 Å². The first-order valence-corrected chi connectivity index (χ1v) is 8.04. The number of hydrogen-bond donors (Lipinski definition) is 3. The molecule has 0 heterocycles. The number of carboxylic acid groups (broad SMARTS) is 1. The second kappa shape index (κ2) is 8.87. The summed E-state index contributed by atoms with van der Waals surface area (Å²) in [6.45, 7) is 3.41. The lowest BCUT2D eigenvalue weighted by Crippen LogP contribution is -2.24. The molecule has 0 aliphatic carbocycles. The van der Waals surface area contributed by atoms with E-state index >= 15 is 0 Å². The van der Waals surface area contributed by atoms with Gasteiger partial charge in [0.2, 0.25) is 0 Å². The Hall–Kier alpha value is -3.06. The van der Waals surface area contributed by atoms with Crippen LogP contribution >= 0.6 is 11.6 Å². The highest BCUT2D eigenvalue weighted by molar-refractivity contribution is 6.32. The van der Waals surface area contributed by atoms with Gasteiger partial charge in [-0.1, -0.05) is 17.7 Å². The van der Waals surface area contributed by atoms with E-state index in [4.69, 9.17) is 21.4 Å². The van der Waals surface area contributed by atoms with Crippen molar-refractivity contribution in [1.29, 1.82) is 0 Å². The Morgan fingerprint density at radius 2 is 1.88 bits per heavy atom. The Labute approximate surface area is 155 Å². The molecule has 0 radical (unpaired) electrons. The van der Waals surface area contributed by atoms with Crippen molar-refractivity contribution in [1.82, 2.24) is 5.43 Å². The summed E-state index contributed by atoms with van der Waals surface area (Å²) >= 11 is 6.01. The van der Waals surface area contributed by atoms with Crippen LogP contribution in [0.5, 0.6) is 5.75 Å². The zero-order valence-electron chi connectivity index (χ0n) is 14.2. The molecule has 0 saturated heterocycles. The van der Waals surface area contributed by atoms with E-state index in [2.05, 4.69) is 15.8 Å². The van der Waals surface area contributed by atoms with Crippen molar-refractivity contribution < 1.29 is 19.4 Å². The highest BCUT2D eigenvalue weighted by atomic mass is 35.5. The quantitative estimate of drug-likeness (QED) is 0.530. The summed E-state index contributed by atoms with van der Waals surface area (Å²) in [7, 11) is 0. The lowest BCUT2D eigenvalue weighted by atomic mass is 10.1. The van der Waals surface area contributed by atoms with Gasteiger partial charge in [0.05, 0.1) is 11.2 Å². The number of carboxylic acids is 1. The smallest absolute Gasteiger partial charge is 0.341 e. The van der Waals surface area contributed by atoms with Gasteiger partial charge in [-0.3, -0.25) is 0 Å². The number of nitrogens with one attached hydrogen (secondary N) is 2. The number of carbonyl (C=O) groups is 2. The van der Waals surface area contributed by atoms with Gasteiger partial charge < -0.3 is 15.2 Å². The average molecular weight is 376 g/mol. The van der Waals surface area contributed by atoms with Crippen molar-refractivity contribution in [3.05, 3.63) is 58.1 Å². The van der Waals surface area contributed by atoms with Crippen molar-refractivity contribution in [2.24, 2.45) is 5.10 Å². The molecule has 2 aromatic rings. The van der Waals surface area contributed by atoms with Crippen LogP contribution in [0.1, 0.15) is 16.7 Å². The predicted octanol–water partition coefficient (Wildman–Crippen LogP) is 3.58. The van der Waals surface area contributed by atoms with Gasteiger partial charge in [-0.25, -0.2) is 15.0 Å². The first kappa shape index (κ1) is 19.3. The van der Waals surface area contributed by atoms with Crippen molar-refractivity contribution in [2.45, 2.75) is 13.8 Å². The Morgan fingerprint density at radius 1 is 1.19 bits per heavy atom. The molecule has 3 N–H and O–H groups in total. The summed E-state index contributed by atoms with van der Waals surface area (Å²) in [6, 6.07) is 9.95. The molecule has 0 atom stereocenters. The number of halogens is 1. The van der Waals surface area contributed by atoms with E-state index in [0.29, 0.717) is 11.3 Å². The number of carbonyl (C=O) groups excluding carboxylic acids is 1. The third-order valence-electron chi connectivity index (χ3n) is 3.17. The van der Waals surface area contributed by atoms with Crippen LogP contribution in [0.15, 0.2) is 41.5 Å². The molecule has 26 heavy (non-hydrogen) atoms. The first-order valence-electron chi connectivity index (χ1n) is 7.66. The fourth-order valence-electron chi connectivity index (χ4n) is 2.23. The van der Waals surface area contributed by atoms with Gasteiger partial charge >= 0.3 is 12.0 Å². The lowest BCUT2D eigenvalue weighted by molar-refractivity contribution is -0.139. The molecule has 7 nitrogen and oxygen atoms in total. The largest absolute Gasteiger partial charge is 0.480 e. The van der Waals surface area contributed by atoms with Gasteiger partial charge in [-0.05, 0) is 60.9 Å².